The number of rotatable bonds is 14. The SMILES string of the molecule is CC(N)Cc1ccccc1.CN(C)CCCN1c2ccccc2CCc2ccc(Cl)cc21.O=C([O-])c1cc(=O)c2c(OCC(O)COc3cccc4oc(C(=O)[O-])cc(=O)c34)cccc2o1.[Na+].[Na+]. The fraction of sp³-hybridized carbons (Fsp3) is 0.255. The van der Waals surface area contributed by atoms with Gasteiger partial charge in [0.25, 0.3) is 0 Å². The number of nitrogens with two attached hydrogens (primary N) is 1. The number of aliphatic hydroxyl groups excluding tert-OH is 1. The molecule has 0 aliphatic carbocycles. The van der Waals surface area contributed by atoms with Gasteiger partial charge in [0.2, 0.25) is 0 Å². The van der Waals surface area contributed by atoms with Gasteiger partial charge < -0.3 is 58.8 Å². The number of aryl methyl sites for hydroxylation is 2. The number of carboxylic acid groups (broad SMARTS) is 2. The smallest absolute Gasteiger partial charge is 0.542 e. The molecular formula is C51H50ClN3Na2O11. The first-order chi connectivity index (χ1) is 31.7. The number of carboxylic acids is 2. The van der Waals surface area contributed by atoms with Crippen LogP contribution in [-0.4, -0.2) is 74.5 Å². The molecule has 7 aromatic rings. The Bertz CT molecular complexity index is 2800. The van der Waals surface area contributed by atoms with Crippen molar-refractivity contribution < 1.29 is 102 Å². The Morgan fingerprint density at radius 1 is 0.735 bits per heavy atom. The molecular weight excluding hydrogens is 912 g/mol. The van der Waals surface area contributed by atoms with Crippen molar-refractivity contribution in [2.24, 2.45) is 5.73 Å². The van der Waals surface area contributed by atoms with Crippen LogP contribution in [-0.2, 0) is 19.3 Å². The molecule has 0 saturated carbocycles. The molecule has 8 rings (SSSR count). The Kier molecular flexibility index (Phi) is 21.8. The first-order valence-electron chi connectivity index (χ1n) is 21.3. The molecule has 0 bridgehead atoms. The molecule has 0 spiro atoms. The molecule has 0 radical (unpaired) electrons. The van der Waals surface area contributed by atoms with E-state index in [1.807, 2.05) is 31.2 Å². The van der Waals surface area contributed by atoms with E-state index in [-0.39, 0.29) is 112 Å². The molecule has 68 heavy (non-hydrogen) atoms. The molecule has 3 N–H and O–H groups in total. The van der Waals surface area contributed by atoms with Crippen LogP contribution in [0.5, 0.6) is 11.5 Å². The van der Waals surface area contributed by atoms with E-state index in [0.717, 1.165) is 55.9 Å². The first-order valence-corrected chi connectivity index (χ1v) is 21.6. The number of fused-ring (bicyclic) bond motifs is 4. The molecule has 2 aromatic heterocycles. The number of carbonyl (C=O) groups is 2. The molecule has 0 amide bonds. The minimum atomic E-state index is -1.64. The zero-order chi connectivity index (χ0) is 47.3. The summed E-state index contributed by atoms with van der Waals surface area (Å²) in [6, 6.07) is 35.8. The standard InChI is InChI=1S/C23H16O11.C19H23ClN2.C9H13N.2Na/c24-11(9-31-14-3-1-5-16-20(14)12(25)7-18(33-16)22(27)28)10-32-15-4-2-6-17-21(15)13(26)8-19(34-17)23(29)30;1-21(2)12-5-13-22-18-7-4-3-6-15(18)8-9-16-10-11-17(20)14-19(16)22;1-8(10)7-9-5-3-2-4-6-9;;/h1-8,11,24H,9-10H2,(H,27,28)(H,29,30);3-4,6-7,10-11,14H,5,8-9,12-13H2,1-2H3;2-6,8H,7,10H2,1H3;;/q;;;2*+1/p-2. The third-order valence-corrected chi connectivity index (χ3v) is 10.6. The average molecular weight is 962 g/mol. The van der Waals surface area contributed by atoms with E-state index < -0.39 is 40.4 Å². The van der Waals surface area contributed by atoms with Gasteiger partial charge in [0.05, 0.1) is 0 Å². The van der Waals surface area contributed by atoms with Crippen LogP contribution in [0.15, 0.2) is 140 Å². The van der Waals surface area contributed by atoms with Crippen molar-refractivity contribution in [2.75, 3.05) is 45.3 Å². The Balaban J connectivity index is 0.000000253. The molecule has 344 valence electrons. The Morgan fingerprint density at radius 2 is 1.25 bits per heavy atom. The van der Waals surface area contributed by atoms with Crippen molar-refractivity contribution in [1.29, 1.82) is 0 Å². The van der Waals surface area contributed by atoms with E-state index in [9.17, 15) is 34.5 Å². The van der Waals surface area contributed by atoms with E-state index >= 15 is 0 Å². The normalized spacial score (nSPS) is 11.9. The van der Waals surface area contributed by atoms with Gasteiger partial charge in [0.15, 0.2) is 22.4 Å². The molecule has 1 aliphatic rings. The monoisotopic (exact) mass is 961 g/mol. The molecule has 5 aromatic carbocycles. The van der Waals surface area contributed by atoms with Crippen molar-refractivity contribution in [3.63, 3.8) is 0 Å². The van der Waals surface area contributed by atoms with Gasteiger partial charge in [-0.05, 0) is 112 Å². The van der Waals surface area contributed by atoms with E-state index in [1.165, 1.54) is 64.5 Å². The average Bonchev–Trinajstić information content (AvgIpc) is 3.44. The van der Waals surface area contributed by atoms with Gasteiger partial charge in [0, 0.05) is 41.1 Å². The Labute approximate surface area is 442 Å². The van der Waals surface area contributed by atoms with Crippen LogP contribution in [0.2, 0.25) is 5.02 Å². The van der Waals surface area contributed by atoms with Gasteiger partial charge in [-0.3, -0.25) is 9.59 Å². The van der Waals surface area contributed by atoms with Gasteiger partial charge in [-0.25, -0.2) is 0 Å². The first kappa shape index (κ1) is 55.6. The summed E-state index contributed by atoms with van der Waals surface area (Å²) in [6.07, 6.45) is 3.06. The van der Waals surface area contributed by atoms with Gasteiger partial charge in [0.1, 0.15) is 64.7 Å². The summed E-state index contributed by atoms with van der Waals surface area (Å²) in [7, 11) is 4.25. The summed E-state index contributed by atoms with van der Waals surface area (Å²) in [5.74, 6) is -4.44. The number of carbonyl (C=O) groups excluding carboxylic acids is 2. The van der Waals surface area contributed by atoms with Crippen molar-refractivity contribution >= 4 is 56.9 Å². The summed E-state index contributed by atoms with van der Waals surface area (Å²) in [5, 5.41) is 33.0. The van der Waals surface area contributed by atoms with E-state index in [2.05, 4.69) is 72.4 Å². The summed E-state index contributed by atoms with van der Waals surface area (Å²) in [6.45, 7) is 3.48. The van der Waals surface area contributed by atoms with Crippen molar-refractivity contribution in [3.05, 3.63) is 175 Å². The molecule has 0 saturated heterocycles. The second kappa shape index (κ2) is 26.7. The van der Waals surface area contributed by atoms with Crippen LogP contribution in [0.25, 0.3) is 21.9 Å². The number of ether oxygens (including phenoxy) is 2. The molecule has 1 aliphatic heterocycles. The maximum atomic E-state index is 12.3. The molecule has 14 nitrogen and oxygen atoms in total. The number of benzene rings is 5. The topological polar surface area (TPSA) is 212 Å². The minimum absolute atomic E-state index is 0. The summed E-state index contributed by atoms with van der Waals surface area (Å²) >= 11 is 6.27. The maximum Gasteiger partial charge on any atom is 1.00 e. The predicted molar refractivity (Wildman–Crippen MR) is 250 cm³/mol. The van der Waals surface area contributed by atoms with Gasteiger partial charge in [-0.15, -0.1) is 0 Å². The maximum absolute atomic E-state index is 12.3. The molecule has 17 heteroatoms. The predicted octanol–water partition coefficient (Wildman–Crippen LogP) is -0.442. The second-order valence-electron chi connectivity index (χ2n) is 15.9. The van der Waals surface area contributed by atoms with Crippen molar-refractivity contribution in [2.45, 2.75) is 44.8 Å². The van der Waals surface area contributed by atoms with Gasteiger partial charge in [-0.2, -0.15) is 0 Å². The van der Waals surface area contributed by atoms with Crippen molar-refractivity contribution in [3.8, 4) is 11.5 Å². The van der Waals surface area contributed by atoms with Crippen LogP contribution in [0.3, 0.4) is 0 Å². The second-order valence-corrected chi connectivity index (χ2v) is 16.4. The number of halogens is 1. The third-order valence-electron chi connectivity index (χ3n) is 10.4. The molecule has 0 fully saturated rings. The third kappa shape index (κ3) is 15.3. The van der Waals surface area contributed by atoms with Crippen LogP contribution < -0.4 is 100 Å². The minimum Gasteiger partial charge on any atom is -0.542 e. The largest absolute Gasteiger partial charge is 1.00 e. The number of aromatic carboxylic acids is 2. The zero-order valence-electron chi connectivity index (χ0n) is 38.7. The number of hydrogen-bond donors (Lipinski definition) is 2. The van der Waals surface area contributed by atoms with Crippen LogP contribution in [0, 0.1) is 0 Å². The summed E-state index contributed by atoms with van der Waals surface area (Å²) < 4.78 is 21.2. The van der Waals surface area contributed by atoms with Crippen LogP contribution in [0.1, 0.15) is 51.1 Å². The summed E-state index contributed by atoms with van der Waals surface area (Å²) in [5.41, 5.74) is 11.0. The van der Waals surface area contributed by atoms with Crippen LogP contribution in [0.4, 0.5) is 11.4 Å². The fourth-order valence-corrected chi connectivity index (χ4v) is 7.54. The van der Waals surface area contributed by atoms with E-state index in [1.54, 1.807) is 0 Å². The molecule has 1 atom stereocenters. The number of hydrogen-bond acceptors (Lipinski definition) is 14. The zero-order valence-corrected chi connectivity index (χ0v) is 43.5. The number of para-hydroxylation sites is 1. The number of aliphatic hydroxyl groups is 1. The fourth-order valence-electron chi connectivity index (χ4n) is 7.37. The van der Waals surface area contributed by atoms with Crippen molar-refractivity contribution in [1.82, 2.24) is 4.90 Å². The van der Waals surface area contributed by atoms with Gasteiger partial charge >= 0.3 is 59.1 Å². The van der Waals surface area contributed by atoms with E-state index in [0.29, 0.717) is 0 Å². The Hall–Kier alpha value is -4.97. The molecule has 1 unspecified atom stereocenters. The molecule has 3 heterocycles. The number of anilines is 2. The quantitative estimate of drug-likeness (QED) is 0.133. The summed E-state index contributed by atoms with van der Waals surface area (Å²) in [4.78, 5) is 51.2. The van der Waals surface area contributed by atoms with Crippen LogP contribution >= 0.6 is 11.6 Å². The van der Waals surface area contributed by atoms with E-state index in [4.69, 9.17) is 35.6 Å². The van der Waals surface area contributed by atoms with Gasteiger partial charge in [-0.1, -0.05) is 78.3 Å². The number of nitrogens with zero attached hydrogens (tertiary/aromatic N) is 2. The Morgan fingerprint density at radius 3 is 1.76 bits per heavy atom.